The maximum absolute atomic E-state index is 13.3. The van der Waals surface area contributed by atoms with E-state index in [1.54, 1.807) is 22.9 Å². The quantitative estimate of drug-likeness (QED) is 0.683. The largest absolute Gasteiger partial charge is 0.322 e. The minimum absolute atomic E-state index is 0.0264. The Hall–Kier alpha value is -2.73. The fourth-order valence-electron chi connectivity index (χ4n) is 2.73. The molecule has 0 unspecified atom stereocenters. The summed E-state index contributed by atoms with van der Waals surface area (Å²) in [5.41, 5.74) is 1.75. The molecule has 0 aliphatic carbocycles. The molecule has 7 heteroatoms. The molecule has 0 bridgehead atoms. The van der Waals surface area contributed by atoms with E-state index in [1.807, 2.05) is 19.9 Å². The number of carbonyl (C=O) groups excluding carboxylic acids is 1. The van der Waals surface area contributed by atoms with Crippen LogP contribution in [-0.2, 0) is 0 Å². The summed E-state index contributed by atoms with van der Waals surface area (Å²) < 4.78 is 28.3. The standard InChI is InChI=1S/C19H16ClF2N3O/c1-11(2)18-17(10-23-25(18)16-5-3-4-12(20)6-16)19(26)24-15-8-13(21)7-14(22)9-15/h3-11H,1-2H3,(H,24,26). The lowest BCUT2D eigenvalue weighted by molar-refractivity contribution is 0.102. The molecule has 0 spiro atoms. The minimum Gasteiger partial charge on any atom is -0.322 e. The Labute approximate surface area is 154 Å². The third kappa shape index (κ3) is 3.75. The van der Waals surface area contributed by atoms with Gasteiger partial charge in [0, 0.05) is 16.8 Å². The summed E-state index contributed by atoms with van der Waals surface area (Å²) in [6.07, 6.45) is 1.43. The Bertz CT molecular complexity index is 949. The second-order valence-corrected chi connectivity index (χ2v) is 6.54. The number of rotatable bonds is 4. The average molecular weight is 376 g/mol. The average Bonchev–Trinajstić information content (AvgIpc) is 2.99. The van der Waals surface area contributed by atoms with Gasteiger partial charge in [0.2, 0.25) is 0 Å². The molecule has 0 aliphatic heterocycles. The summed E-state index contributed by atoms with van der Waals surface area (Å²) >= 11 is 6.04. The van der Waals surface area contributed by atoms with Gasteiger partial charge in [0.1, 0.15) is 11.6 Å². The van der Waals surface area contributed by atoms with Crippen molar-refractivity contribution in [1.29, 1.82) is 0 Å². The number of hydrogen-bond donors (Lipinski definition) is 1. The van der Waals surface area contributed by atoms with Gasteiger partial charge >= 0.3 is 0 Å². The lowest BCUT2D eigenvalue weighted by atomic mass is 10.0. The number of carbonyl (C=O) groups is 1. The Morgan fingerprint density at radius 3 is 2.46 bits per heavy atom. The van der Waals surface area contributed by atoms with Gasteiger partial charge in [-0.15, -0.1) is 0 Å². The van der Waals surface area contributed by atoms with Crippen molar-refractivity contribution in [1.82, 2.24) is 9.78 Å². The lowest BCUT2D eigenvalue weighted by Crippen LogP contribution is -2.15. The van der Waals surface area contributed by atoms with E-state index in [9.17, 15) is 13.6 Å². The molecule has 0 saturated carbocycles. The molecule has 0 aliphatic rings. The predicted molar refractivity (Wildman–Crippen MR) is 97.0 cm³/mol. The summed E-state index contributed by atoms with van der Waals surface area (Å²) in [7, 11) is 0. The third-order valence-electron chi connectivity index (χ3n) is 3.77. The molecule has 0 fully saturated rings. The maximum Gasteiger partial charge on any atom is 0.259 e. The summed E-state index contributed by atoms with van der Waals surface area (Å²) in [4.78, 5) is 12.6. The van der Waals surface area contributed by atoms with Crippen molar-refractivity contribution in [2.75, 3.05) is 5.32 Å². The Balaban J connectivity index is 1.98. The molecule has 26 heavy (non-hydrogen) atoms. The monoisotopic (exact) mass is 375 g/mol. The molecule has 0 radical (unpaired) electrons. The van der Waals surface area contributed by atoms with Crippen molar-refractivity contribution in [3.8, 4) is 5.69 Å². The van der Waals surface area contributed by atoms with E-state index in [1.165, 1.54) is 6.20 Å². The van der Waals surface area contributed by atoms with Crippen LogP contribution in [0.15, 0.2) is 48.7 Å². The van der Waals surface area contributed by atoms with Crippen LogP contribution in [0.5, 0.6) is 0 Å². The second-order valence-electron chi connectivity index (χ2n) is 6.10. The first-order valence-corrected chi connectivity index (χ1v) is 8.34. The molecule has 134 valence electrons. The van der Waals surface area contributed by atoms with Crippen LogP contribution in [0.2, 0.25) is 5.02 Å². The Kier molecular flexibility index (Phi) is 5.04. The van der Waals surface area contributed by atoms with Crippen molar-refractivity contribution < 1.29 is 13.6 Å². The van der Waals surface area contributed by atoms with Gasteiger partial charge in [0.05, 0.1) is 23.1 Å². The predicted octanol–water partition coefficient (Wildman–Crippen LogP) is 5.18. The number of aromatic nitrogens is 2. The Morgan fingerprint density at radius 2 is 1.85 bits per heavy atom. The first kappa shape index (κ1) is 18.1. The van der Waals surface area contributed by atoms with Crippen LogP contribution in [0.3, 0.4) is 0 Å². The van der Waals surface area contributed by atoms with Gasteiger partial charge in [-0.25, -0.2) is 13.5 Å². The molecule has 4 nitrogen and oxygen atoms in total. The summed E-state index contributed by atoms with van der Waals surface area (Å²) in [6, 6.07) is 9.95. The normalized spacial score (nSPS) is 11.0. The molecule has 2 aromatic carbocycles. The van der Waals surface area contributed by atoms with Crippen LogP contribution in [-0.4, -0.2) is 15.7 Å². The molecule has 1 amide bonds. The van der Waals surface area contributed by atoms with E-state index in [0.29, 0.717) is 16.3 Å². The van der Waals surface area contributed by atoms with Crippen LogP contribution in [0.1, 0.15) is 35.8 Å². The molecular weight excluding hydrogens is 360 g/mol. The van der Waals surface area contributed by atoms with Crippen LogP contribution >= 0.6 is 11.6 Å². The fourth-order valence-corrected chi connectivity index (χ4v) is 2.91. The first-order chi connectivity index (χ1) is 12.3. The zero-order chi connectivity index (χ0) is 18.8. The van der Waals surface area contributed by atoms with Gasteiger partial charge in [-0.3, -0.25) is 4.79 Å². The summed E-state index contributed by atoms with van der Waals surface area (Å²) in [6.45, 7) is 3.85. The van der Waals surface area contributed by atoms with Gasteiger partial charge in [-0.2, -0.15) is 5.10 Å². The number of amides is 1. The van der Waals surface area contributed by atoms with Crippen LogP contribution < -0.4 is 5.32 Å². The Morgan fingerprint density at radius 1 is 1.15 bits per heavy atom. The first-order valence-electron chi connectivity index (χ1n) is 7.96. The highest BCUT2D eigenvalue weighted by Crippen LogP contribution is 2.25. The van der Waals surface area contributed by atoms with Gasteiger partial charge in [-0.1, -0.05) is 31.5 Å². The SMILES string of the molecule is CC(C)c1c(C(=O)Nc2cc(F)cc(F)c2)cnn1-c1cccc(Cl)c1. The molecular formula is C19H16ClF2N3O. The van der Waals surface area contributed by atoms with E-state index in [2.05, 4.69) is 10.4 Å². The molecule has 3 rings (SSSR count). The van der Waals surface area contributed by atoms with Gasteiger partial charge in [0.15, 0.2) is 0 Å². The lowest BCUT2D eigenvalue weighted by Gasteiger charge is -2.13. The molecule has 0 atom stereocenters. The second kappa shape index (κ2) is 7.25. The van der Waals surface area contributed by atoms with Crippen LogP contribution in [0.4, 0.5) is 14.5 Å². The van der Waals surface area contributed by atoms with E-state index in [-0.39, 0.29) is 11.6 Å². The van der Waals surface area contributed by atoms with Crippen molar-refractivity contribution in [3.05, 3.63) is 76.6 Å². The van der Waals surface area contributed by atoms with E-state index < -0.39 is 17.5 Å². The van der Waals surface area contributed by atoms with Crippen molar-refractivity contribution >= 4 is 23.2 Å². The smallest absolute Gasteiger partial charge is 0.259 e. The van der Waals surface area contributed by atoms with Crippen LogP contribution in [0.25, 0.3) is 5.69 Å². The number of hydrogen-bond acceptors (Lipinski definition) is 2. The van der Waals surface area contributed by atoms with E-state index in [4.69, 9.17) is 11.6 Å². The molecule has 3 aromatic rings. The van der Waals surface area contributed by atoms with Gasteiger partial charge in [-0.05, 0) is 36.2 Å². The third-order valence-corrected chi connectivity index (χ3v) is 4.01. The number of nitrogens with zero attached hydrogens (tertiary/aromatic N) is 2. The highest BCUT2D eigenvalue weighted by molar-refractivity contribution is 6.30. The molecule has 0 saturated heterocycles. The van der Waals surface area contributed by atoms with Gasteiger partial charge < -0.3 is 5.32 Å². The van der Waals surface area contributed by atoms with E-state index in [0.717, 1.165) is 23.9 Å². The zero-order valence-corrected chi connectivity index (χ0v) is 14.9. The topological polar surface area (TPSA) is 46.9 Å². The molecule has 1 N–H and O–H groups in total. The van der Waals surface area contributed by atoms with Crippen molar-refractivity contribution in [3.63, 3.8) is 0 Å². The van der Waals surface area contributed by atoms with Crippen LogP contribution in [0, 0.1) is 11.6 Å². The summed E-state index contributed by atoms with van der Waals surface area (Å²) in [5, 5.41) is 7.36. The number of anilines is 1. The van der Waals surface area contributed by atoms with Crippen molar-refractivity contribution in [2.45, 2.75) is 19.8 Å². The van der Waals surface area contributed by atoms with E-state index >= 15 is 0 Å². The molecule has 1 heterocycles. The highest BCUT2D eigenvalue weighted by atomic mass is 35.5. The fraction of sp³-hybridized carbons (Fsp3) is 0.158. The zero-order valence-electron chi connectivity index (χ0n) is 14.1. The maximum atomic E-state index is 13.3. The minimum atomic E-state index is -0.765. The molecule has 1 aromatic heterocycles. The highest BCUT2D eigenvalue weighted by Gasteiger charge is 2.21. The van der Waals surface area contributed by atoms with Crippen molar-refractivity contribution in [2.24, 2.45) is 0 Å². The summed E-state index contributed by atoms with van der Waals surface area (Å²) in [5.74, 6) is -2.05. The number of benzene rings is 2. The number of halogens is 3. The van der Waals surface area contributed by atoms with Gasteiger partial charge in [0.25, 0.3) is 5.91 Å². The number of nitrogens with one attached hydrogen (secondary N) is 1.